The van der Waals surface area contributed by atoms with Crippen molar-refractivity contribution in [1.29, 1.82) is 0 Å². The zero-order chi connectivity index (χ0) is 20.8. The van der Waals surface area contributed by atoms with Crippen LogP contribution in [0.2, 0.25) is 5.02 Å². The van der Waals surface area contributed by atoms with Gasteiger partial charge >= 0.3 is 0 Å². The molecule has 3 rings (SSSR count). The lowest BCUT2D eigenvalue weighted by atomic mass is 9.85. The van der Waals surface area contributed by atoms with Crippen molar-refractivity contribution in [3.8, 4) is 11.5 Å². The molecule has 1 heterocycles. The Hall–Kier alpha value is -1.71. The predicted octanol–water partition coefficient (Wildman–Crippen LogP) is 4.78. The largest absolute Gasteiger partial charge is 0.497 e. The van der Waals surface area contributed by atoms with Crippen molar-refractivity contribution in [1.82, 2.24) is 4.90 Å². The summed E-state index contributed by atoms with van der Waals surface area (Å²) < 4.78 is 10.5. The molecule has 0 spiro atoms. The van der Waals surface area contributed by atoms with E-state index >= 15 is 0 Å². The predicted molar refractivity (Wildman–Crippen MR) is 135 cm³/mol. The number of methoxy groups -OCH3 is 2. The normalized spacial score (nSPS) is 19.7. The summed E-state index contributed by atoms with van der Waals surface area (Å²) in [6, 6.07) is 14.1. The molecular formula is C22H30ClIN4O2. The highest BCUT2D eigenvalue weighted by Crippen LogP contribution is 2.36. The molecule has 0 amide bonds. The maximum absolute atomic E-state index is 6.18. The maximum Gasteiger partial charge on any atom is 0.193 e. The van der Waals surface area contributed by atoms with Crippen molar-refractivity contribution in [3.05, 3.63) is 53.1 Å². The van der Waals surface area contributed by atoms with Crippen LogP contribution in [0.15, 0.2) is 47.5 Å². The number of guanidine groups is 1. The van der Waals surface area contributed by atoms with Crippen LogP contribution >= 0.6 is 35.6 Å². The molecule has 2 unspecified atom stereocenters. The van der Waals surface area contributed by atoms with Crippen LogP contribution in [0.1, 0.15) is 24.4 Å². The smallest absolute Gasteiger partial charge is 0.193 e. The highest BCUT2D eigenvalue weighted by Gasteiger charge is 2.30. The molecule has 1 aliphatic rings. The summed E-state index contributed by atoms with van der Waals surface area (Å²) in [7, 11) is 5.45. The lowest BCUT2D eigenvalue weighted by Gasteiger charge is -2.39. The van der Waals surface area contributed by atoms with Gasteiger partial charge in [-0.25, -0.2) is 0 Å². The molecule has 8 heteroatoms. The average molecular weight is 545 g/mol. The van der Waals surface area contributed by atoms with E-state index in [9.17, 15) is 0 Å². The van der Waals surface area contributed by atoms with E-state index in [0.29, 0.717) is 35.2 Å². The second-order valence-corrected chi connectivity index (χ2v) is 7.71. The van der Waals surface area contributed by atoms with Crippen LogP contribution in [-0.2, 0) is 0 Å². The van der Waals surface area contributed by atoms with Crippen molar-refractivity contribution in [2.75, 3.05) is 39.7 Å². The Morgan fingerprint density at radius 1 is 1.20 bits per heavy atom. The molecule has 0 bridgehead atoms. The van der Waals surface area contributed by atoms with Gasteiger partial charge in [0.2, 0.25) is 0 Å². The molecule has 1 saturated heterocycles. The molecule has 2 aromatic rings. The number of nitrogens with one attached hydrogen (secondary N) is 1. The van der Waals surface area contributed by atoms with Gasteiger partial charge in [-0.05, 0) is 68.2 Å². The monoisotopic (exact) mass is 544 g/mol. The van der Waals surface area contributed by atoms with E-state index in [1.807, 2.05) is 18.2 Å². The first-order valence-electron chi connectivity index (χ1n) is 9.76. The molecule has 2 atom stereocenters. The van der Waals surface area contributed by atoms with Gasteiger partial charge in [0, 0.05) is 18.3 Å². The first kappa shape index (κ1) is 24.6. The van der Waals surface area contributed by atoms with E-state index in [4.69, 9.17) is 26.8 Å². The zero-order valence-electron chi connectivity index (χ0n) is 17.6. The topological polar surface area (TPSA) is 72.1 Å². The molecule has 30 heavy (non-hydrogen) atoms. The summed E-state index contributed by atoms with van der Waals surface area (Å²) in [6.45, 7) is 1.73. The van der Waals surface area contributed by atoms with E-state index in [0.717, 1.165) is 30.8 Å². The highest BCUT2D eigenvalue weighted by molar-refractivity contribution is 14.0. The van der Waals surface area contributed by atoms with Crippen LogP contribution in [0.3, 0.4) is 0 Å². The number of anilines is 1. The van der Waals surface area contributed by atoms with Gasteiger partial charge in [-0.3, -0.25) is 9.89 Å². The van der Waals surface area contributed by atoms with Crippen LogP contribution in [-0.4, -0.2) is 45.2 Å². The van der Waals surface area contributed by atoms with Crippen LogP contribution < -0.4 is 20.5 Å². The minimum absolute atomic E-state index is 0. The van der Waals surface area contributed by atoms with Crippen molar-refractivity contribution < 1.29 is 9.47 Å². The molecule has 1 fully saturated rings. The Bertz CT molecular complexity index is 848. The fourth-order valence-corrected chi connectivity index (χ4v) is 4.18. The first-order valence-corrected chi connectivity index (χ1v) is 10.1. The summed E-state index contributed by atoms with van der Waals surface area (Å²) in [6.07, 6.45) is 2.27. The number of ether oxygens (including phenoxy) is 2. The second kappa shape index (κ2) is 11.6. The minimum Gasteiger partial charge on any atom is -0.497 e. The zero-order valence-corrected chi connectivity index (χ0v) is 20.7. The average Bonchev–Trinajstić information content (AvgIpc) is 2.72. The van der Waals surface area contributed by atoms with Gasteiger partial charge in [-0.2, -0.15) is 0 Å². The molecule has 0 aliphatic carbocycles. The summed E-state index contributed by atoms with van der Waals surface area (Å²) in [4.78, 5) is 7.02. The molecule has 164 valence electrons. The molecule has 3 N–H and O–H groups in total. The van der Waals surface area contributed by atoms with E-state index in [1.165, 1.54) is 5.56 Å². The maximum atomic E-state index is 6.18. The Morgan fingerprint density at radius 2 is 1.93 bits per heavy atom. The number of rotatable bonds is 6. The van der Waals surface area contributed by atoms with Gasteiger partial charge in [0.1, 0.15) is 11.5 Å². The van der Waals surface area contributed by atoms with Gasteiger partial charge in [-0.15, -0.1) is 24.0 Å². The van der Waals surface area contributed by atoms with Crippen molar-refractivity contribution >= 4 is 47.2 Å². The molecule has 2 aromatic carbocycles. The second-order valence-electron chi connectivity index (χ2n) is 7.30. The van der Waals surface area contributed by atoms with E-state index in [2.05, 4.69) is 34.4 Å². The summed E-state index contributed by atoms with van der Waals surface area (Å²) in [5.41, 5.74) is 8.20. The number of hydrogen-bond donors (Lipinski definition) is 2. The lowest BCUT2D eigenvalue weighted by Crippen LogP contribution is -2.38. The number of benzene rings is 2. The molecule has 0 saturated carbocycles. The molecule has 0 radical (unpaired) electrons. The van der Waals surface area contributed by atoms with Crippen molar-refractivity contribution in [2.24, 2.45) is 16.6 Å². The molecular weight excluding hydrogens is 515 g/mol. The van der Waals surface area contributed by atoms with Gasteiger partial charge < -0.3 is 20.5 Å². The van der Waals surface area contributed by atoms with Crippen molar-refractivity contribution in [3.63, 3.8) is 0 Å². The number of aliphatic imine (C=N–C) groups is 1. The van der Waals surface area contributed by atoms with Crippen molar-refractivity contribution in [2.45, 2.75) is 18.9 Å². The van der Waals surface area contributed by atoms with E-state index in [1.54, 1.807) is 26.4 Å². The third-order valence-electron chi connectivity index (χ3n) is 5.38. The number of halogens is 2. The Morgan fingerprint density at radius 3 is 2.57 bits per heavy atom. The fourth-order valence-electron chi connectivity index (χ4n) is 3.93. The number of nitrogens with two attached hydrogens (primary N) is 1. The van der Waals surface area contributed by atoms with E-state index < -0.39 is 0 Å². The third-order valence-corrected chi connectivity index (χ3v) is 5.68. The van der Waals surface area contributed by atoms with Crippen LogP contribution in [0.25, 0.3) is 0 Å². The van der Waals surface area contributed by atoms with Crippen LogP contribution in [0.5, 0.6) is 11.5 Å². The van der Waals surface area contributed by atoms with E-state index in [-0.39, 0.29) is 24.0 Å². The minimum atomic E-state index is 0. The molecule has 0 aromatic heterocycles. The Balaban J connectivity index is 0.00000320. The van der Waals surface area contributed by atoms with Gasteiger partial charge in [0.25, 0.3) is 0 Å². The number of nitrogens with zero attached hydrogens (tertiary/aromatic N) is 2. The van der Waals surface area contributed by atoms with Gasteiger partial charge in [0.05, 0.1) is 19.2 Å². The van der Waals surface area contributed by atoms with Gasteiger partial charge in [0.15, 0.2) is 5.96 Å². The molecule has 6 nitrogen and oxygen atoms in total. The lowest BCUT2D eigenvalue weighted by molar-refractivity contribution is 0.125. The number of piperidine rings is 1. The summed E-state index contributed by atoms with van der Waals surface area (Å²) in [5, 5.41) is 3.64. The molecule has 1 aliphatic heterocycles. The highest BCUT2D eigenvalue weighted by atomic mass is 127. The third kappa shape index (κ3) is 6.15. The summed E-state index contributed by atoms with van der Waals surface area (Å²) >= 11 is 6.18. The van der Waals surface area contributed by atoms with Crippen LogP contribution in [0, 0.1) is 5.92 Å². The summed E-state index contributed by atoms with van der Waals surface area (Å²) in [5.74, 6) is 2.27. The fraction of sp³-hybridized carbons (Fsp3) is 0.409. The Kier molecular flexibility index (Phi) is 9.51. The standard InChI is InChI=1S/C22H29ClN4O2.HI/c1-27-12-4-5-16(21(27)15-6-9-18(28-2)10-7-15)14-25-22(24)26-17-8-11-20(29-3)19(23)13-17;/h6-11,13,16,21H,4-5,12,14H2,1-3H3,(H3,24,25,26);1H. The first-order chi connectivity index (χ1) is 14.0. The number of hydrogen-bond acceptors (Lipinski definition) is 4. The number of likely N-dealkylation sites (tertiary alicyclic amines) is 1. The Labute approximate surface area is 200 Å². The van der Waals surface area contributed by atoms with Gasteiger partial charge in [-0.1, -0.05) is 23.7 Å². The SMILES string of the molecule is COc1ccc(C2C(CN=C(N)Nc3ccc(OC)c(Cl)c3)CCCN2C)cc1.I. The van der Waals surface area contributed by atoms with Crippen LogP contribution in [0.4, 0.5) is 5.69 Å². The quantitative estimate of drug-likeness (QED) is 0.311.